The molecule has 0 radical (unpaired) electrons. The van der Waals surface area contributed by atoms with Gasteiger partial charge >= 0.3 is 0 Å². The SMILES string of the molecule is Cc1ccccc1COc1ccc(/C(N)=N/O)cc1. The highest BCUT2D eigenvalue weighted by molar-refractivity contribution is 5.97. The topological polar surface area (TPSA) is 67.8 Å². The Morgan fingerprint density at radius 3 is 2.47 bits per heavy atom. The molecule has 0 aliphatic heterocycles. The van der Waals surface area contributed by atoms with Crippen LogP contribution in [0.5, 0.6) is 5.75 Å². The number of ether oxygens (including phenoxy) is 1. The Kier molecular flexibility index (Phi) is 4.03. The molecule has 0 aromatic heterocycles. The van der Waals surface area contributed by atoms with Gasteiger partial charge in [0.1, 0.15) is 12.4 Å². The van der Waals surface area contributed by atoms with E-state index in [2.05, 4.69) is 18.1 Å². The highest BCUT2D eigenvalue weighted by atomic mass is 16.5. The lowest BCUT2D eigenvalue weighted by Crippen LogP contribution is -2.12. The molecule has 0 aliphatic carbocycles. The van der Waals surface area contributed by atoms with Gasteiger partial charge in [0, 0.05) is 5.56 Å². The zero-order valence-corrected chi connectivity index (χ0v) is 10.7. The number of oxime groups is 1. The van der Waals surface area contributed by atoms with Crippen LogP contribution in [0.1, 0.15) is 16.7 Å². The van der Waals surface area contributed by atoms with E-state index in [0.29, 0.717) is 12.2 Å². The van der Waals surface area contributed by atoms with Crippen LogP contribution in [0.4, 0.5) is 0 Å². The molecule has 0 unspecified atom stereocenters. The summed E-state index contributed by atoms with van der Waals surface area (Å²) in [4.78, 5) is 0. The summed E-state index contributed by atoms with van der Waals surface area (Å²) in [6, 6.07) is 15.2. The molecule has 0 saturated heterocycles. The molecule has 0 atom stereocenters. The van der Waals surface area contributed by atoms with E-state index in [9.17, 15) is 0 Å². The standard InChI is InChI=1S/C15H16N2O2/c1-11-4-2-3-5-13(11)10-19-14-8-6-12(7-9-14)15(16)17-18/h2-9,18H,10H2,1H3,(H2,16,17). The van der Waals surface area contributed by atoms with E-state index in [0.717, 1.165) is 11.3 Å². The van der Waals surface area contributed by atoms with Crippen LogP contribution < -0.4 is 10.5 Å². The van der Waals surface area contributed by atoms with Crippen molar-refractivity contribution in [3.05, 3.63) is 65.2 Å². The van der Waals surface area contributed by atoms with Gasteiger partial charge in [-0.05, 0) is 42.3 Å². The lowest BCUT2D eigenvalue weighted by atomic mass is 10.1. The number of aryl methyl sites for hydroxylation is 1. The minimum absolute atomic E-state index is 0.0884. The van der Waals surface area contributed by atoms with Gasteiger partial charge in [0.2, 0.25) is 0 Å². The first-order valence-corrected chi connectivity index (χ1v) is 5.96. The number of amidine groups is 1. The van der Waals surface area contributed by atoms with Crippen LogP contribution >= 0.6 is 0 Å². The van der Waals surface area contributed by atoms with Crippen LogP contribution in [0, 0.1) is 6.92 Å². The smallest absolute Gasteiger partial charge is 0.170 e. The third-order valence-corrected chi connectivity index (χ3v) is 2.91. The molecule has 0 amide bonds. The van der Waals surface area contributed by atoms with E-state index in [4.69, 9.17) is 15.7 Å². The molecule has 0 bridgehead atoms. The molecule has 0 spiro atoms. The first-order chi connectivity index (χ1) is 9.20. The van der Waals surface area contributed by atoms with E-state index in [1.54, 1.807) is 24.3 Å². The van der Waals surface area contributed by atoms with Crippen LogP contribution in [0.3, 0.4) is 0 Å². The van der Waals surface area contributed by atoms with Gasteiger partial charge in [-0.1, -0.05) is 29.4 Å². The van der Waals surface area contributed by atoms with E-state index < -0.39 is 0 Å². The molecule has 0 heterocycles. The van der Waals surface area contributed by atoms with Crippen LogP contribution in [0.2, 0.25) is 0 Å². The van der Waals surface area contributed by atoms with Crippen molar-refractivity contribution in [2.75, 3.05) is 0 Å². The fourth-order valence-electron chi connectivity index (χ4n) is 1.71. The fraction of sp³-hybridized carbons (Fsp3) is 0.133. The molecule has 2 rings (SSSR count). The molecule has 2 aromatic carbocycles. The van der Waals surface area contributed by atoms with Crippen LogP contribution in [-0.4, -0.2) is 11.0 Å². The molecule has 2 aromatic rings. The Morgan fingerprint density at radius 2 is 1.84 bits per heavy atom. The Balaban J connectivity index is 2.03. The monoisotopic (exact) mass is 256 g/mol. The molecule has 0 fully saturated rings. The minimum atomic E-state index is 0.0884. The minimum Gasteiger partial charge on any atom is -0.489 e. The van der Waals surface area contributed by atoms with Crippen LogP contribution in [0.25, 0.3) is 0 Å². The highest BCUT2D eigenvalue weighted by Crippen LogP contribution is 2.15. The number of benzene rings is 2. The van der Waals surface area contributed by atoms with Crippen molar-refractivity contribution in [2.24, 2.45) is 10.9 Å². The van der Waals surface area contributed by atoms with Crippen molar-refractivity contribution >= 4 is 5.84 Å². The van der Waals surface area contributed by atoms with E-state index in [-0.39, 0.29) is 5.84 Å². The summed E-state index contributed by atoms with van der Waals surface area (Å²) >= 11 is 0. The number of nitrogens with zero attached hydrogens (tertiary/aromatic N) is 1. The summed E-state index contributed by atoms with van der Waals surface area (Å²) in [6.45, 7) is 2.58. The number of hydrogen-bond donors (Lipinski definition) is 2. The Bertz CT molecular complexity index is 577. The van der Waals surface area contributed by atoms with Crippen molar-refractivity contribution < 1.29 is 9.94 Å². The first kappa shape index (κ1) is 13.0. The molecule has 4 nitrogen and oxygen atoms in total. The molecule has 19 heavy (non-hydrogen) atoms. The van der Waals surface area contributed by atoms with Gasteiger partial charge in [-0.25, -0.2) is 0 Å². The van der Waals surface area contributed by atoms with Crippen LogP contribution in [0.15, 0.2) is 53.7 Å². The van der Waals surface area contributed by atoms with E-state index in [1.807, 2.05) is 18.2 Å². The summed E-state index contributed by atoms with van der Waals surface area (Å²) < 4.78 is 5.70. The van der Waals surface area contributed by atoms with Crippen molar-refractivity contribution in [1.29, 1.82) is 0 Å². The first-order valence-electron chi connectivity index (χ1n) is 5.96. The molecule has 4 heteroatoms. The Hall–Kier alpha value is -2.49. The summed E-state index contributed by atoms with van der Waals surface area (Å²) in [5, 5.41) is 11.5. The van der Waals surface area contributed by atoms with Crippen LogP contribution in [-0.2, 0) is 6.61 Å². The van der Waals surface area contributed by atoms with Gasteiger partial charge in [-0.2, -0.15) is 0 Å². The zero-order chi connectivity index (χ0) is 13.7. The summed E-state index contributed by atoms with van der Waals surface area (Å²) in [5.41, 5.74) is 8.51. The largest absolute Gasteiger partial charge is 0.489 e. The Morgan fingerprint density at radius 1 is 1.16 bits per heavy atom. The second kappa shape index (κ2) is 5.91. The average Bonchev–Trinajstić information content (AvgIpc) is 2.46. The van der Waals surface area contributed by atoms with Gasteiger partial charge in [0.15, 0.2) is 5.84 Å². The molecular weight excluding hydrogens is 240 g/mol. The zero-order valence-electron chi connectivity index (χ0n) is 10.7. The third kappa shape index (κ3) is 3.25. The highest BCUT2D eigenvalue weighted by Gasteiger charge is 2.01. The molecule has 98 valence electrons. The van der Waals surface area contributed by atoms with Crippen molar-refractivity contribution in [3.63, 3.8) is 0 Å². The van der Waals surface area contributed by atoms with Crippen molar-refractivity contribution in [2.45, 2.75) is 13.5 Å². The van der Waals surface area contributed by atoms with Gasteiger partial charge in [0.05, 0.1) is 0 Å². The lowest BCUT2D eigenvalue weighted by molar-refractivity contribution is 0.305. The summed E-state index contributed by atoms with van der Waals surface area (Å²) in [5.74, 6) is 0.836. The predicted octanol–water partition coefficient (Wildman–Crippen LogP) is 2.67. The number of hydrogen-bond acceptors (Lipinski definition) is 3. The number of nitrogens with two attached hydrogens (primary N) is 1. The third-order valence-electron chi connectivity index (χ3n) is 2.91. The second-order valence-electron chi connectivity index (χ2n) is 4.22. The second-order valence-corrected chi connectivity index (χ2v) is 4.22. The van der Waals surface area contributed by atoms with Gasteiger partial charge in [0.25, 0.3) is 0 Å². The average molecular weight is 256 g/mol. The van der Waals surface area contributed by atoms with E-state index >= 15 is 0 Å². The molecule has 0 saturated carbocycles. The summed E-state index contributed by atoms with van der Waals surface area (Å²) in [6.07, 6.45) is 0. The van der Waals surface area contributed by atoms with Gasteiger partial charge in [-0.3, -0.25) is 0 Å². The normalized spacial score (nSPS) is 11.3. The maximum Gasteiger partial charge on any atom is 0.170 e. The van der Waals surface area contributed by atoms with Crippen molar-refractivity contribution in [3.8, 4) is 5.75 Å². The quantitative estimate of drug-likeness (QED) is 0.382. The summed E-state index contributed by atoms with van der Waals surface area (Å²) in [7, 11) is 0. The van der Waals surface area contributed by atoms with E-state index in [1.165, 1.54) is 5.56 Å². The van der Waals surface area contributed by atoms with Gasteiger partial charge < -0.3 is 15.7 Å². The predicted molar refractivity (Wildman–Crippen MR) is 74.5 cm³/mol. The number of rotatable bonds is 4. The van der Waals surface area contributed by atoms with Gasteiger partial charge in [-0.15, -0.1) is 0 Å². The molecule has 0 aliphatic rings. The maximum atomic E-state index is 8.57. The Labute approximate surface area is 112 Å². The fourth-order valence-corrected chi connectivity index (χ4v) is 1.71. The maximum absolute atomic E-state index is 8.57. The molecule has 3 N–H and O–H groups in total. The molecular formula is C15H16N2O2. The van der Waals surface area contributed by atoms with Crippen molar-refractivity contribution in [1.82, 2.24) is 0 Å². The lowest BCUT2D eigenvalue weighted by Gasteiger charge is -2.09.